The van der Waals surface area contributed by atoms with E-state index in [1.807, 2.05) is 31.3 Å². The van der Waals surface area contributed by atoms with Gasteiger partial charge in [-0.05, 0) is 25.1 Å². The fraction of sp³-hybridized carbons (Fsp3) is 0.0833. The highest BCUT2D eigenvalue weighted by Crippen LogP contribution is 2.20. The Kier molecular flexibility index (Phi) is 2.29. The molecule has 0 atom stereocenters. The summed E-state index contributed by atoms with van der Waals surface area (Å²) in [5.41, 5.74) is 3.08. The van der Waals surface area contributed by atoms with E-state index in [1.165, 1.54) is 0 Å². The monoisotopic (exact) mass is 201 g/mol. The molecular formula is C12H11NO2. The number of aromatic nitrogens is 1. The van der Waals surface area contributed by atoms with E-state index in [4.69, 9.17) is 5.11 Å². The molecular weight excluding hydrogens is 190 g/mol. The van der Waals surface area contributed by atoms with Gasteiger partial charge in [-0.2, -0.15) is 0 Å². The number of H-pyrrole nitrogens is 1. The van der Waals surface area contributed by atoms with Crippen molar-refractivity contribution in [1.82, 2.24) is 4.98 Å². The van der Waals surface area contributed by atoms with E-state index >= 15 is 0 Å². The number of nitrogens with one attached hydrogen (secondary N) is 1. The van der Waals surface area contributed by atoms with E-state index in [2.05, 4.69) is 4.98 Å². The number of hydrogen-bond acceptors (Lipinski definition) is 1. The number of aryl methyl sites for hydroxylation is 1. The minimum absolute atomic E-state index is 0.899. The van der Waals surface area contributed by atoms with E-state index in [9.17, 15) is 4.79 Å². The first-order valence-electron chi connectivity index (χ1n) is 4.65. The van der Waals surface area contributed by atoms with Gasteiger partial charge in [0.2, 0.25) is 0 Å². The molecule has 0 saturated carbocycles. The molecule has 3 heteroatoms. The van der Waals surface area contributed by atoms with E-state index in [0.717, 1.165) is 28.1 Å². The molecule has 0 radical (unpaired) electrons. The Bertz CT molecular complexity index is 538. The Morgan fingerprint density at radius 3 is 3.00 bits per heavy atom. The summed E-state index contributed by atoms with van der Waals surface area (Å²) in [6.07, 6.45) is 4.55. The molecule has 1 aromatic carbocycles. The molecule has 0 unspecified atom stereocenters. The molecule has 0 saturated heterocycles. The molecule has 1 aromatic heterocycles. The maximum absolute atomic E-state index is 10.4. The minimum Gasteiger partial charge on any atom is -0.478 e. The van der Waals surface area contributed by atoms with Gasteiger partial charge in [0.1, 0.15) is 0 Å². The lowest BCUT2D eigenvalue weighted by atomic mass is 10.1. The summed E-state index contributed by atoms with van der Waals surface area (Å²) in [4.78, 5) is 13.5. The largest absolute Gasteiger partial charge is 0.478 e. The van der Waals surface area contributed by atoms with Gasteiger partial charge in [-0.15, -0.1) is 0 Å². The molecule has 76 valence electrons. The number of aliphatic carboxylic acids is 1. The summed E-state index contributed by atoms with van der Waals surface area (Å²) in [7, 11) is 0. The highest BCUT2D eigenvalue weighted by Gasteiger charge is 2.00. The summed E-state index contributed by atoms with van der Waals surface area (Å²) < 4.78 is 0. The van der Waals surface area contributed by atoms with Crippen molar-refractivity contribution in [3.8, 4) is 0 Å². The van der Waals surface area contributed by atoms with Crippen molar-refractivity contribution < 1.29 is 9.90 Å². The number of aromatic amines is 1. The smallest absolute Gasteiger partial charge is 0.328 e. The third-order valence-electron chi connectivity index (χ3n) is 2.27. The van der Waals surface area contributed by atoms with Crippen molar-refractivity contribution in [2.45, 2.75) is 6.92 Å². The lowest BCUT2D eigenvalue weighted by Crippen LogP contribution is -1.85. The fourth-order valence-corrected chi connectivity index (χ4v) is 1.56. The highest BCUT2D eigenvalue weighted by molar-refractivity contribution is 5.93. The second kappa shape index (κ2) is 3.61. The Labute approximate surface area is 87.0 Å². The molecule has 15 heavy (non-hydrogen) atoms. The second-order valence-corrected chi connectivity index (χ2v) is 3.46. The fourth-order valence-electron chi connectivity index (χ4n) is 1.56. The maximum Gasteiger partial charge on any atom is 0.328 e. The van der Waals surface area contributed by atoms with Crippen LogP contribution in [0, 0.1) is 6.92 Å². The second-order valence-electron chi connectivity index (χ2n) is 3.46. The number of benzene rings is 1. The molecule has 0 fully saturated rings. The molecule has 0 spiro atoms. The predicted octanol–water partition coefficient (Wildman–Crippen LogP) is 2.57. The van der Waals surface area contributed by atoms with Crippen LogP contribution in [0.15, 0.2) is 30.5 Å². The highest BCUT2D eigenvalue weighted by atomic mass is 16.4. The molecule has 0 bridgehead atoms. The Hall–Kier alpha value is -2.03. The van der Waals surface area contributed by atoms with Crippen molar-refractivity contribution in [2.24, 2.45) is 0 Å². The van der Waals surface area contributed by atoms with Gasteiger partial charge in [0.25, 0.3) is 0 Å². The van der Waals surface area contributed by atoms with Crippen molar-refractivity contribution in [1.29, 1.82) is 0 Å². The summed E-state index contributed by atoms with van der Waals surface area (Å²) in [6, 6.07) is 6.04. The number of carbonyl (C=O) groups is 1. The van der Waals surface area contributed by atoms with Gasteiger partial charge < -0.3 is 10.1 Å². The van der Waals surface area contributed by atoms with Crippen LogP contribution < -0.4 is 0 Å². The molecule has 0 amide bonds. The molecule has 0 aliphatic rings. The van der Waals surface area contributed by atoms with Crippen LogP contribution in [0.4, 0.5) is 0 Å². The third-order valence-corrected chi connectivity index (χ3v) is 2.27. The SMILES string of the molecule is Cc1ccc2[nH]cc(/C=C/C(=O)O)c2c1. The van der Waals surface area contributed by atoms with Gasteiger partial charge in [-0.3, -0.25) is 0 Å². The number of carboxylic acid groups (broad SMARTS) is 1. The molecule has 0 aliphatic carbocycles. The van der Waals surface area contributed by atoms with Crippen molar-refractivity contribution in [3.05, 3.63) is 41.6 Å². The van der Waals surface area contributed by atoms with E-state index in [1.54, 1.807) is 6.08 Å². The summed E-state index contributed by atoms with van der Waals surface area (Å²) in [5, 5.41) is 9.59. The van der Waals surface area contributed by atoms with Crippen LogP contribution >= 0.6 is 0 Å². The first kappa shape index (κ1) is 9.52. The molecule has 1 heterocycles. The zero-order valence-corrected chi connectivity index (χ0v) is 8.32. The van der Waals surface area contributed by atoms with Crippen LogP contribution in [0.1, 0.15) is 11.1 Å². The van der Waals surface area contributed by atoms with Gasteiger partial charge in [-0.25, -0.2) is 4.79 Å². The van der Waals surface area contributed by atoms with Crippen LogP contribution in [0.5, 0.6) is 0 Å². The molecule has 2 N–H and O–H groups in total. The summed E-state index contributed by atoms with van der Waals surface area (Å²) in [5.74, 6) is -0.933. The molecule has 2 aromatic rings. The average molecular weight is 201 g/mol. The van der Waals surface area contributed by atoms with Gasteiger partial charge in [-0.1, -0.05) is 11.6 Å². The van der Waals surface area contributed by atoms with Crippen molar-refractivity contribution >= 4 is 22.9 Å². The summed E-state index contributed by atoms with van der Waals surface area (Å²) in [6.45, 7) is 2.01. The number of hydrogen-bond donors (Lipinski definition) is 2. The lowest BCUT2D eigenvalue weighted by molar-refractivity contribution is -0.131. The van der Waals surface area contributed by atoms with Gasteiger partial charge in [0, 0.05) is 28.7 Å². The normalized spacial score (nSPS) is 11.3. The maximum atomic E-state index is 10.4. The van der Waals surface area contributed by atoms with E-state index in [0.29, 0.717) is 0 Å². The van der Waals surface area contributed by atoms with Gasteiger partial charge >= 0.3 is 5.97 Å². The minimum atomic E-state index is -0.933. The summed E-state index contributed by atoms with van der Waals surface area (Å²) >= 11 is 0. The third kappa shape index (κ3) is 1.91. The number of carboxylic acids is 1. The predicted molar refractivity (Wildman–Crippen MR) is 59.7 cm³/mol. The molecule has 2 rings (SSSR count). The van der Waals surface area contributed by atoms with Crippen LogP contribution in [0.25, 0.3) is 17.0 Å². The van der Waals surface area contributed by atoms with Crippen LogP contribution in [0.3, 0.4) is 0 Å². The van der Waals surface area contributed by atoms with Gasteiger partial charge in [0.15, 0.2) is 0 Å². The van der Waals surface area contributed by atoms with Gasteiger partial charge in [0.05, 0.1) is 0 Å². The first-order valence-corrected chi connectivity index (χ1v) is 4.65. The molecule has 0 aliphatic heterocycles. The van der Waals surface area contributed by atoms with Crippen LogP contribution in [0.2, 0.25) is 0 Å². The van der Waals surface area contributed by atoms with Crippen LogP contribution in [-0.4, -0.2) is 16.1 Å². The molecule has 3 nitrogen and oxygen atoms in total. The lowest BCUT2D eigenvalue weighted by Gasteiger charge is -1.94. The topological polar surface area (TPSA) is 53.1 Å². The Morgan fingerprint density at radius 2 is 2.27 bits per heavy atom. The average Bonchev–Trinajstić information content (AvgIpc) is 2.57. The first-order chi connectivity index (χ1) is 7.16. The Balaban J connectivity index is 2.52. The van der Waals surface area contributed by atoms with Crippen molar-refractivity contribution in [3.63, 3.8) is 0 Å². The number of fused-ring (bicyclic) bond motifs is 1. The zero-order chi connectivity index (χ0) is 10.8. The Morgan fingerprint density at radius 1 is 1.47 bits per heavy atom. The van der Waals surface area contributed by atoms with Crippen LogP contribution in [-0.2, 0) is 4.79 Å². The van der Waals surface area contributed by atoms with Crippen molar-refractivity contribution in [2.75, 3.05) is 0 Å². The number of rotatable bonds is 2. The quantitative estimate of drug-likeness (QED) is 0.734. The van der Waals surface area contributed by atoms with E-state index < -0.39 is 5.97 Å². The van der Waals surface area contributed by atoms with E-state index in [-0.39, 0.29) is 0 Å². The standard InChI is InChI=1S/C12H11NO2/c1-8-2-4-11-10(6-8)9(7-13-11)3-5-12(14)15/h2-7,13H,1H3,(H,14,15)/b5-3+. The zero-order valence-electron chi connectivity index (χ0n) is 8.32.